The Hall–Kier alpha value is -2.06. The van der Waals surface area contributed by atoms with E-state index >= 15 is 0 Å². The van der Waals surface area contributed by atoms with Crippen LogP contribution in [0.3, 0.4) is 0 Å². The molecule has 2 aromatic heterocycles. The van der Waals surface area contributed by atoms with Gasteiger partial charge in [-0.25, -0.2) is 4.98 Å². The van der Waals surface area contributed by atoms with Gasteiger partial charge >= 0.3 is 0 Å². The number of hydrogen-bond acceptors (Lipinski definition) is 5. The Balaban J connectivity index is 1.59. The summed E-state index contributed by atoms with van der Waals surface area (Å²) in [7, 11) is 2.14. The molecule has 0 saturated heterocycles. The summed E-state index contributed by atoms with van der Waals surface area (Å²) in [6.45, 7) is 1.92. The van der Waals surface area contributed by atoms with Gasteiger partial charge in [-0.1, -0.05) is 28.1 Å². The van der Waals surface area contributed by atoms with Crippen LogP contribution in [0.2, 0.25) is 0 Å². The molecule has 0 radical (unpaired) electrons. The highest BCUT2D eigenvalue weighted by Gasteiger charge is 2.26. The Labute approximate surface area is 185 Å². The Morgan fingerprint density at radius 2 is 1.93 bits per heavy atom. The molecule has 3 heterocycles. The van der Waals surface area contributed by atoms with Gasteiger partial charge < -0.3 is 10.2 Å². The maximum atomic E-state index is 12.9. The minimum atomic E-state index is -0.0909. The van der Waals surface area contributed by atoms with Crippen molar-refractivity contribution in [3.8, 4) is 10.6 Å². The molecule has 1 N–H and O–H groups in total. The standard InChI is InChI=1S/C22H18BrN3OS2/c1-26-11-10-15-18(12-26)29-22(25-20(27)13-6-8-14(23)9-7-13)19(15)21-24-16-4-2-3-5-17(16)28-21/h2-9H,10-12H2,1H3,(H,25,27). The van der Waals surface area contributed by atoms with E-state index in [0.717, 1.165) is 45.1 Å². The lowest BCUT2D eigenvalue weighted by atomic mass is 10.0. The number of likely N-dealkylation sites (N-methyl/N-ethyl adjacent to an activating group) is 1. The molecule has 29 heavy (non-hydrogen) atoms. The zero-order chi connectivity index (χ0) is 20.0. The second-order valence-corrected chi connectivity index (χ2v) is 10.2. The Kier molecular flexibility index (Phi) is 4.99. The first kappa shape index (κ1) is 18.9. The number of thiazole rings is 1. The number of amides is 1. The van der Waals surface area contributed by atoms with Gasteiger partial charge in [0.1, 0.15) is 10.0 Å². The zero-order valence-electron chi connectivity index (χ0n) is 15.7. The smallest absolute Gasteiger partial charge is 0.256 e. The number of halogens is 1. The molecule has 4 aromatic rings. The molecule has 1 amide bonds. The monoisotopic (exact) mass is 483 g/mol. The number of fused-ring (bicyclic) bond motifs is 2. The van der Waals surface area contributed by atoms with Crippen molar-refractivity contribution in [2.45, 2.75) is 13.0 Å². The van der Waals surface area contributed by atoms with Crippen molar-refractivity contribution in [2.24, 2.45) is 0 Å². The Morgan fingerprint density at radius 1 is 1.14 bits per heavy atom. The quantitative estimate of drug-likeness (QED) is 0.386. The van der Waals surface area contributed by atoms with Crippen LogP contribution in [0.25, 0.3) is 20.8 Å². The van der Waals surface area contributed by atoms with E-state index in [0.29, 0.717) is 5.56 Å². The fourth-order valence-electron chi connectivity index (χ4n) is 3.60. The number of carbonyl (C=O) groups is 1. The maximum absolute atomic E-state index is 12.9. The van der Waals surface area contributed by atoms with E-state index in [9.17, 15) is 4.79 Å². The Bertz CT molecular complexity index is 1180. The lowest BCUT2D eigenvalue weighted by molar-refractivity contribution is 0.102. The van der Waals surface area contributed by atoms with Crippen LogP contribution in [-0.4, -0.2) is 29.4 Å². The molecule has 0 atom stereocenters. The molecule has 0 unspecified atom stereocenters. The zero-order valence-corrected chi connectivity index (χ0v) is 19.0. The van der Waals surface area contributed by atoms with Crippen LogP contribution in [0.5, 0.6) is 0 Å². The highest BCUT2D eigenvalue weighted by atomic mass is 79.9. The van der Waals surface area contributed by atoms with Crippen LogP contribution >= 0.6 is 38.6 Å². The first-order valence-corrected chi connectivity index (χ1v) is 11.8. The number of nitrogens with one attached hydrogen (secondary N) is 1. The number of aromatic nitrogens is 1. The average Bonchev–Trinajstić information content (AvgIpc) is 3.28. The number of thiophene rings is 1. The molecule has 7 heteroatoms. The number of carbonyl (C=O) groups excluding carboxylic acids is 1. The molecule has 0 aliphatic carbocycles. The second kappa shape index (κ2) is 7.65. The van der Waals surface area contributed by atoms with Crippen LogP contribution in [0.15, 0.2) is 53.0 Å². The first-order chi connectivity index (χ1) is 14.1. The minimum Gasteiger partial charge on any atom is -0.313 e. The summed E-state index contributed by atoms with van der Waals surface area (Å²) >= 11 is 6.80. The summed E-state index contributed by atoms with van der Waals surface area (Å²) in [6.07, 6.45) is 0.974. The number of anilines is 1. The summed E-state index contributed by atoms with van der Waals surface area (Å²) in [4.78, 5) is 21.4. The molecule has 0 bridgehead atoms. The summed E-state index contributed by atoms with van der Waals surface area (Å²) in [5.41, 5.74) is 4.08. The molecule has 0 fully saturated rings. The lowest BCUT2D eigenvalue weighted by Gasteiger charge is -2.22. The molecule has 4 nitrogen and oxygen atoms in total. The van der Waals surface area contributed by atoms with E-state index in [1.54, 1.807) is 22.7 Å². The lowest BCUT2D eigenvalue weighted by Crippen LogP contribution is -2.25. The van der Waals surface area contributed by atoms with Crippen LogP contribution in [0, 0.1) is 0 Å². The third-order valence-corrected chi connectivity index (χ3v) is 7.80. The van der Waals surface area contributed by atoms with Gasteiger partial charge in [0.15, 0.2) is 0 Å². The number of benzene rings is 2. The Morgan fingerprint density at radius 3 is 2.72 bits per heavy atom. The van der Waals surface area contributed by atoms with Crippen molar-refractivity contribution in [3.05, 3.63) is 69.0 Å². The van der Waals surface area contributed by atoms with Gasteiger partial charge in [-0.2, -0.15) is 0 Å². The van der Waals surface area contributed by atoms with Crippen molar-refractivity contribution in [1.29, 1.82) is 0 Å². The van der Waals surface area contributed by atoms with Crippen LogP contribution in [0.4, 0.5) is 5.00 Å². The third-order valence-electron chi connectivity index (χ3n) is 5.09. The highest BCUT2D eigenvalue weighted by molar-refractivity contribution is 9.10. The van der Waals surface area contributed by atoms with Gasteiger partial charge in [-0.05, 0) is 55.4 Å². The van der Waals surface area contributed by atoms with Gasteiger partial charge in [0.05, 0.1) is 10.2 Å². The predicted octanol–water partition coefficient (Wildman–Crippen LogP) is 6.03. The van der Waals surface area contributed by atoms with Gasteiger partial charge in [0, 0.05) is 33.6 Å². The molecular weight excluding hydrogens is 466 g/mol. The molecule has 146 valence electrons. The van der Waals surface area contributed by atoms with Crippen LogP contribution in [0.1, 0.15) is 20.8 Å². The van der Waals surface area contributed by atoms with Crippen LogP contribution < -0.4 is 5.32 Å². The topological polar surface area (TPSA) is 45.2 Å². The van der Waals surface area contributed by atoms with Crippen LogP contribution in [-0.2, 0) is 13.0 Å². The van der Waals surface area contributed by atoms with Crippen molar-refractivity contribution in [1.82, 2.24) is 9.88 Å². The fourth-order valence-corrected chi connectivity index (χ4v) is 6.30. The molecule has 2 aromatic carbocycles. The summed E-state index contributed by atoms with van der Waals surface area (Å²) in [5, 5.41) is 5.06. The average molecular weight is 484 g/mol. The number of rotatable bonds is 3. The van der Waals surface area contributed by atoms with Crippen molar-refractivity contribution < 1.29 is 4.79 Å². The molecule has 0 spiro atoms. The summed E-state index contributed by atoms with van der Waals surface area (Å²) in [6, 6.07) is 15.6. The SMILES string of the molecule is CN1CCc2c(sc(NC(=O)c3ccc(Br)cc3)c2-c2nc3ccccc3s2)C1. The van der Waals surface area contributed by atoms with Crippen molar-refractivity contribution in [2.75, 3.05) is 18.9 Å². The molecule has 0 saturated carbocycles. The van der Waals surface area contributed by atoms with E-state index in [1.165, 1.54) is 15.1 Å². The number of hydrogen-bond donors (Lipinski definition) is 1. The minimum absolute atomic E-state index is 0.0909. The van der Waals surface area contributed by atoms with E-state index in [1.807, 2.05) is 42.5 Å². The molecule has 1 aliphatic heterocycles. The second-order valence-electron chi connectivity index (χ2n) is 7.14. The number of para-hydroxylation sites is 1. The summed E-state index contributed by atoms with van der Waals surface area (Å²) in [5.74, 6) is -0.0909. The highest BCUT2D eigenvalue weighted by Crippen LogP contribution is 2.45. The van der Waals surface area contributed by atoms with Gasteiger partial charge in [-0.3, -0.25) is 4.79 Å². The van der Waals surface area contributed by atoms with E-state index in [4.69, 9.17) is 4.98 Å². The van der Waals surface area contributed by atoms with Crippen molar-refractivity contribution in [3.63, 3.8) is 0 Å². The van der Waals surface area contributed by atoms with Gasteiger partial charge in [0.25, 0.3) is 5.91 Å². The van der Waals surface area contributed by atoms with E-state index in [2.05, 4.69) is 39.3 Å². The van der Waals surface area contributed by atoms with E-state index in [-0.39, 0.29) is 5.91 Å². The fraction of sp³-hybridized carbons (Fsp3) is 0.182. The molecular formula is C22H18BrN3OS2. The number of nitrogens with zero attached hydrogens (tertiary/aromatic N) is 2. The molecule has 1 aliphatic rings. The van der Waals surface area contributed by atoms with Gasteiger partial charge in [-0.15, -0.1) is 22.7 Å². The predicted molar refractivity (Wildman–Crippen MR) is 125 cm³/mol. The normalized spacial score (nSPS) is 14.1. The third kappa shape index (κ3) is 3.64. The van der Waals surface area contributed by atoms with Crippen molar-refractivity contribution >= 4 is 59.7 Å². The summed E-state index contributed by atoms with van der Waals surface area (Å²) < 4.78 is 2.12. The largest absolute Gasteiger partial charge is 0.313 e. The van der Waals surface area contributed by atoms with Gasteiger partial charge in [0.2, 0.25) is 0 Å². The maximum Gasteiger partial charge on any atom is 0.256 e. The van der Waals surface area contributed by atoms with E-state index < -0.39 is 0 Å². The molecule has 5 rings (SSSR count). The first-order valence-electron chi connectivity index (χ1n) is 9.34.